The SMILES string of the molecule is COC1CCN(c2ccc(CN)c(C)c2)CC1. The first-order chi connectivity index (χ1) is 8.24. The van der Waals surface area contributed by atoms with Crippen molar-refractivity contribution in [2.45, 2.75) is 32.4 Å². The third-order valence-corrected chi connectivity index (χ3v) is 3.69. The third kappa shape index (κ3) is 2.79. The molecule has 0 saturated carbocycles. The van der Waals surface area contributed by atoms with E-state index in [0.29, 0.717) is 12.6 Å². The number of rotatable bonds is 3. The number of anilines is 1. The summed E-state index contributed by atoms with van der Waals surface area (Å²) < 4.78 is 5.39. The van der Waals surface area contributed by atoms with E-state index >= 15 is 0 Å². The number of ether oxygens (including phenoxy) is 1. The summed E-state index contributed by atoms with van der Waals surface area (Å²) >= 11 is 0. The van der Waals surface area contributed by atoms with Gasteiger partial charge in [0.1, 0.15) is 0 Å². The Bertz CT molecular complexity index is 370. The molecule has 0 amide bonds. The molecule has 0 aliphatic carbocycles. The Morgan fingerprint density at radius 1 is 1.35 bits per heavy atom. The van der Waals surface area contributed by atoms with Gasteiger partial charge in [-0.25, -0.2) is 0 Å². The van der Waals surface area contributed by atoms with Crippen LogP contribution in [0.1, 0.15) is 24.0 Å². The number of hydrogen-bond acceptors (Lipinski definition) is 3. The molecule has 17 heavy (non-hydrogen) atoms. The summed E-state index contributed by atoms with van der Waals surface area (Å²) in [5, 5.41) is 0. The Morgan fingerprint density at radius 3 is 2.59 bits per heavy atom. The Balaban J connectivity index is 2.06. The first-order valence-electron chi connectivity index (χ1n) is 6.32. The van der Waals surface area contributed by atoms with Gasteiger partial charge in [-0.2, -0.15) is 0 Å². The third-order valence-electron chi connectivity index (χ3n) is 3.69. The number of aryl methyl sites for hydroxylation is 1. The molecule has 0 spiro atoms. The summed E-state index contributed by atoms with van der Waals surface area (Å²) in [6.45, 7) is 4.92. The van der Waals surface area contributed by atoms with Gasteiger partial charge in [0, 0.05) is 32.4 Å². The van der Waals surface area contributed by atoms with Crippen LogP contribution in [0.3, 0.4) is 0 Å². The first kappa shape index (κ1) is 12.4. The van der Waals surface area contributed by atoms with Crippen LogP contribution in [0.2, 0.25) is 0 Å². The number of nitrogens with two attached hydrogens (primary N) is 1. The molecule has 1 aromatic carbocycles. The lowest BCUT2D eigenvalue weighted by Crippen LogP contribution is -2.36. The van der Waals surface area contributed by atoms with E-state index in [1.807, 2.05) is 0 Å². The highest BCUT2D eigenvalue weighted by atomic mass is 16.5. The maximum absolute atomic E-state index is 5.69. The van der Waals surface area contributed by atoms with Crippen molar-refractivity contribution in [1.82, 2.24) is 0 Å². The maximum atomic E-state index is 5.69. The lowest BCUT2D eigenvalue weighted by atomic mass is 10.0. The smallest absolute Gasteiger partial charge is 0.0605 e. The Labute approximate surface area is 104 Å². The van der Waals surface area contributed by atoms with Crippen molar-refractivity contribution in [3.8, 4) is 0 Å². The second kappa shape index (κ2) is 5.52. The Morgan fingerprint density at radius 2 is 2.06 bits per heavy atom. The van der Waals surface area contributed by atoms with Crippen LogP contribution in [-0.4, -0.2) is 26.3 Å². The fraction of sp³-hybridized carbons (Fsp3) is 0.571. The van der Waals surface area contributed by atoms with E-state index in [-0.39, 0.29) is 0 Å². The van der Waals surface area contributed by atoms with Crippen molar-refractivity contribution in [2.75, 3.05) is 25.1 Å². The number of hydrogen-bond donors (Lipinski definition) is 1. The summed E-state index contributed by atoms with van der Waals surface area (Å²) in [6, 6.07) is 6.57. The van der Waals surface area contributed by atoms with Crippen molar-refractivity contribution >= 4 is 5.69 Å². The predicted molar refractivity (Wildman–Crippen MR) is 71.3 cm³/mol. The number of piperidine rings is 1. The number of nitrogens with zero attached hydrogens (tertiary/aromatic N) is 1. The lowest BCUT2D eigenvalue weighted by molar-refractivity contribution is 0.0819. The quantitative estimate of drug-likeness (QED) is 0.870. The van der Waals surface area contributed by atoms with Gasteiger partial charge in [-0.1, -0.05) is 6.07 Å². The average Bonchev–Trinajstić information content (AvgIpc) is 2.39. The largest absolute Gasteiger partial charge is 0.381 e. The van der Waals surface area contributed by atoms with Crippen LogP contribution in [0.5, 0.6) is 0 Å². The fourth-order valence-corrected chi connectivity index (χ4v) is 2.46. The lowest BCUT2D eigenvalue weighted by Gasteiger charge is -2.33. The second-order valence-electron chi connectivity index (χ2n) is 4.74. The van der Waals surface area contributed by atoms with Gasteiger partial charge in [-0.15, -0.1) is 0 Å². The van der Waals surface area contributed by atoms with Crippen LogP contribution < -0.4 is 10.6 Å². The van der Waals surface area contributed by atoms with E-state index in [2.05, 4.69) is 30.0 Å². The summed E-state index contributed by atoms with van der Waals surface area (Å²) in [6.07, 6.45) is 2.68. The monoisotopic (exact) mass is 234 g/mol. The molecule has 0 atom stereocenters. The number of methoxy groups -OCH3 is 1. The zero-order valence-corrected chi connectivity index (χ0v) is 10.8. The highest BCUT2D eigenvalue weighted by Gasteiger charge is 2.18. The van der Waals surface area contributed by atoms with E-state index < -0.39 is 0 Å². The van der Waals surface area contributed by atoms with Gasteiger partial charge in [-0.3, -0.25) is 0 Å². The van der Waals surface area contributed by atoms with Crippen molar-refractivity contribution in [2.24, 2.45) is 5.73 Å². The van der Waals surface area contributed by atoms with Crippen molar-refractivity contribution in [3.63, 3.8) is 0 Å². The topological polar surface area (TPSA) is 38.5 Å². The van der Waals surface area contributed by atoms with Gasteiger partial charge >= 0.3 is 0 Å². The molecule has 2 rings (SSSR count). The molecule has 3 heteroatoms. The minimum atomic E-state index is 0.440. The zero-order valence-electron chi connectivity index (χ0n) is 10.8. The minimum Gasteiger partial charge on any atom is -0.381 e. The molecule has 1 heterocycles. The molecule has 0 bridgehead atoms. The standard InChI is InChI=1S/C14H22N2O/c1-11-9-13(4-3-12(11)10-15)16-7-5-14(17-2)6-8-16/h3-4,9,14H,5-8,10,15H2,1-2H3. The van der Waals surface area contributed by atoms with Gasteiger partial charge in [0.15, 0.2) is 0 Å². The van der Waals surface area contributed by atoms with Crippen molar-refractivity contribution in [3.05, 3.63) is 29.3 Å². The van der Waals surface area contributed by atoms with Crippen molar-refractivity contribution < 1.29 is 4.74 Å². The van der Waals surface area contributed by atoms with E-state index in [0.717, 1.165) is 25.9 Å². The Hall–Kier alpha value is -1.06. The highest BCUT2D eigenvalue weighted by Crippen LogP contribution is 2.23. The molecule has 1 saturated heterocycles. The van der Waals surface area contributed by atoms with Crippen LogP contribution >= 0.6 is 0 Å². The molecule has 0 unspecified atom stereocenters. The molecule has 2 N–H and O–H groups in total. The molecule has 94 valence electrons. The first-order valence-corrected chi connectivity index (χ1v) is 6.32. The second-order valence-corrected chi connectivity index (χ2v) is 4.74. The van der Waals surface area contributed by atoms with Gasteiger partial charge in [0.25, 0.3) is 0 Å². The van der Waals surface area contributed by atoms with E-state index in [1.54, 1.807) is 7.11 Å². The molecular formula is C14H22N2O. The summed E-state index contributed by atoms with van der Waals surface area (Å²) in [5.41, 5.74) is 9.53. The molecule has 0 radical (unpaired) electrons. The summed E-state index contributed by atoms with van der Waals surface area (Å²) in [7, 11) is 1.81. The van der Waals surface area contributed by atoms with Gasteiger partial charge in [0.2, 0.25) is 0 Å². The maximum Gasteiger partial charge on any atom is 0.0605 e. The molecule has 0 aromatic heterocycles. The average molecular weight is 234 g/mol. The molecule has 1 aliphatic rings. The van der Waals surface area contributed by atoms with E-state index in [9.17, 15) is 0 Å². The van der Waals surface area contributed by atoms with Crippen LogP contribution in [0, 0.1) is 6.92 Å². The molecule has 1 fully saturated rings. The van der Waals surface area contributed by atoms with E-state index in [1.165, 1.54) is 16.8 Å². The summed E-state index contributed by atoms with van der Waals surface area (Å²) in [5.74, 6) is 0. The van der Waals surface area contributed by atoms with Crippen LogP contribution in [0.15, 0.2) is 18.2 Å². The van der Waals surface area contributed by atoms with Crippen LogP contribution in [0.25, 0.3) is 0 Å². The van der Waals surface area contributed by atoms with Gasteiger partial charge in [-0.05, 0) is 43.0 Å². The zero-order chi connectivity index (χ0) is 12.3. The normalized spacial score (nSPS) is 17.5. The van der Waals surface area contributed by atoms with E-state index in [4.69, 9.17) is 10.5 Å². The molecule has 1 aromatic rings. The van der Waals surface area contributed by atoms with Crippen LogP contribution in [0.4, 0.5) is 5.69 Å². The number of benzene rings is 1. The Kier molecular flexibility index (Phi) is 4.02. The fourth-order valence-electron chi connectivity index (χ4n) is 2.46. The molecular weight excluding hydrogens is 212 g/mol. The van der Waals surface area contributed by atoms with Crippen molar-refractivity contribution in [1.29, 1.82) is 0 Å². The molecule has 1 aliphatic heterocycles. The molecule has 3 nitrogen and oxygen atoms in total. The van der Waals surface area contributed by atoms with Crippen LogP contribution in [-0.2, 0) is 11.3 Å². The van der Waals surface area contributed by atoms with Gasteiger partial charge in [0.05, 0.1) is 6.10 Å². The highest BCUT2D eigenvalue weighted by molar-refractivity contribution is 5.51. The summed E-state index contributed by atoms with van der Waals surface area (Å²) in [4.78, 5) is 2.43. The van der Waals surface area contributed by atoms with Gasteiger partial charge < -0.3 is 15.4 Å². The predicted octanol–water partition coefficient (Wildman–Crippen LogP) is 2.07. The minimum absolute atomic E-state index is 0.440.